The summed E-state index contributed by atoms with van der Waals surface area (Å²) < 4.78 is 10.4. The van der Waals surface area contributed by atoms with Crippen LogP contribution in [0.3, 0.4) is 0 Å². The molecule has 1 aromatic carbocycles. The van der Waals surface area contributed by atoms with Crippen molar-refractivity contribution in [1.29, 1.82) is 0 Å². The highest BCUT2D eigenvalue weighted by molar-refractivity contribution is 5.98. The maximum atomic E-state index is 11.9. The predicted molar refractivity (Wildman–Crippen MR) is 66.2 cm³/mol. The molecule has 3 N–H and O–H groups in total. The van der Waals surface area contributed by atoms with E-state index in [2.05, 4.69) is 0 Å². The van der Waals surface area contributed by atoms with Crippen LogP contribution < -0.4 is 20.1 Å². The Balaban J connectivity index is 2.13. The van der Waals surface area contributed by atoms with Crippen molar-refractivity contribution in [2.75, 3.05) is 18.7 Å². The topological polar surface area (TPSA) is 102 Å². The SMILES string of the molecule is CN(C(=O)C(N)CC(=O)O)c1ccc2c(c1)OCO2. The Morgan fingerprint density at radius 1 is 1.42 bits per heavy atom. The van der Waals surface area contributed by atoms with Gasteiger partial charge < -0.3 is 25.2 Å². The quantitative estimate of drug-likeness (QED) is 0.806. The highest BCUT2D eigenvalue weighted by atomic mass is 16.7. The van der Waals surface area contributed by atoms with Crippen LogP contribution in [0.4, 0.5) is 5.69 Å². The summed E-state index contributed by atoms with van der Waals surface area (Å²) in [6, 6.07) is 3.93. The second-order valence-corrected chi connectivity index (χ2v) is 4.14. The summed E-state index contributed by atoms with van der Waals surface area (Å²) in [4.78, 5) is 23.8. The first-order chi connectivity index (χ1) is 8.99. The number of ether oxygens (including phenoxy) is 2. The molecule has 0 saturated heterocycles. The van der Waals surface area contributed by atoms with Gasteiger partial charge in [-0.2, -0.15) is 0 Å². The van der Waals surface area contributed by atoms with Crippen molar-refractivity contribution in [3.63, 3.8) is 0 Å². The molecule has 0 spiro atoms. The van der Waals surface area contributed by atoms with Crippen LogP contribution in [0.5, 0.6) is 11.5 Å². The summed E-state index contributed by atoms with van der Waals surface area (Å²) in [5.41, 5.74) is 6.11. The highest BCUT2D eigenvalue weighted by Gasteiger charge is 2.23. The van der Waals surface area contributed by atoms with Crippen LogP contribution >= 0.6 is 0 Å². The summed E-state index contributed by atoms with van der Waals surface area (Å²) in [5.74, 6) is -0.426. The van der Waals surface area contributed by atoms with Crippen molar-refractivity contribution in [2.45, 2.75) is 12.5 Å². The third kappa shape index (κ3) is 2.76. The summed E-state index contributed by atoms with van der Waals surface area (Å²) >= 11 is 0. The van der Waals surface area contributed by atoms with Gasteiger partial charge >= 0.3 is 5.97 Å². The smallest absolute Gasteiger partial charge is 0.305 e. The van der Waals surface area contributed by atoms with Gasteiger partial charge in [0.25, 0.3) is 0 Å². The number of carbonyl (C=O) groups excluding carboxylic acids is 1. The van der Waals surface area contributed by atoms with Crippen LogP contribution in [0.25, 0.3) is 0 Å². The molecule has 19 heavy (non-hydrogen) atoms. The minimum absolute atomic E-state index is 0.148. The third-order valence-corrected chi connectivity index (χ3v) is 2.79. The number of fused-ring (bicyclic) bond motifs is 1. The average Bonchev–Trinajstić information content (AvgIpc) is 2.83. The molecule has 0 aliphatic carbocycles. The number of benzene rings is 1. The Kier molecular flexibility index (Phi) is 3.57. The summed E-state index contributed by atoms with van der Waals surface area (Å²) in [7, 11) is 1.53. The normalized spacial score (nSPS) is 14.0. The van der Waals surface area contributed by atoms with E-state index in [0.717, 1.165) is 0 Å². The first kappa shape index (κ1) is 13.2. The second kappa shape index (κ2) is 5.15. The second-order valence-electron chi connectivity index (χ2n) is 4.14. The largest absolute Gasteiger partial charge is 0.481 e. The van der Waals surface area contributed by atoms with Crippen molar-refractivity contribution in [1.82, 2.24) is 0 Å². The molecule has 0 bridgehead atoms. The van der Waals surface area contributed by atoms with Crippen molar-refractivity contribution >= 4 is 17.6 Å². The molecule has 1 heterocycles. The number of carboxylic acid groups (broad SMARTS) is 1. The predicted octanol–water partition coefficient (Wildman–Crippen LogP) is 0.180. The Morgan fingerprint density at radius 2 is 2.11 bits per heavy atom. The number of anilines is 1. The number of rotatable bonds is 4. The average molecular weight is 266 g/mol. The zero-order valence-corrected chi connectivity index (χ0v) is 10.3. The molecular formula is C12H14N2O5. The van der Waals surface area contributed by atoms with E-state index in [1.807, 2.05) is 0 Å². The molecule has 102 valence electrons. The molecule has 1 aromatic rings. The van der Waals surface area contributed by atoms with E-state index in [1.54, 1.807) is 18.2 Å². The van der Waals surface area contributed by atoms with Gasteiger partial charge in [0.15, 0.2) is 11.5 Å². The first-order valence-electron chi connectivity index (χ1n) is 5.63. The summed E-state index contributed by atoms with van der Waals surface area (Å²) in [6.07, 6.45) is -0.409. The lowest BCUT2D eigenvalue weighted by atomic mass is 10.2. The fraction of sp³-hybridized carbons (Fsp3) is 0.333. The van der Waals surface area contributed by atoms with Crippen LogP contribution in [0.2, 0.25) is 0 Å². The van der Waals surface area contributed by atoms with E-state index < -0.39 is 24.3 Å². The molecule has 0 fully saturated rings. The molecule has 1 aliphatic rings. The van der Waals surface area contributed by atoms with E-state index in [1.165, 1.54) is 11.9 Å². The molecule has 0 radical (unpaired) electrons. The lowest BCUT2D eigenvalue weighted by Gasteiger charge is -2.20. The van der Waals surface area contributed by atoms with E-state index in [0.29, 0.717) is 17.2 Å². The van der Waals surface area contributed by atoms with Crippen molar-refractivity contribution in [3.05, 3.63) is 18.2 Å². The van der Waals surface area contributed by atoms with Crippen molar-refractivity contribution < 1.29 is 24.2 Å². The van der Waals surface area contributed by atoms with Crippen molar-refractivity contribution in [2.24, 2.45) is 5.73 Å². The van der Waals surface area contributed by atoms with Gasteiger partial charge in [0, 0.05) is 18.8 Å². The summed E-state index contributed by atoms with van der Waals surface area (Å²) in [6.45, 7) is 0.148. The zero-order valence-electron chi connectivity index (χ0n) is 10.3. The zero-order chi connectivity index (χ0) is 14.0. The van der Waals surface area contributed by atoms with Gasteiger partial charge in [0.05, 0.1) is 12.5 Å². The Hall–Kier alpha value is -2.28. The number of aliphatic carboxylic acids is 1. The Bertz CT molecular complexity index is 517. The fourth-order valence-electron chi connectivity index (χ4n) is 1.75. The van der Waals surface area contributed by atoms with Gasteiger partial charge in [0.2, 0.25) is 12.7 Å². The maximum Gasteiger partial charge on any atom is 0.305 e. The van der Waals surface area contributed by atoms with E-state index in [-0.39, 0.29) is 6.79 Å². The van der Waals surface area contributed by atoms with Crippen LogP contribution in [-0.2, 0) is 9.59 Å². The number of hydrogen-bond acceptors (Lipinski definition) is 5. The first-order valence-corrected chi connectivity index (χ1v) is 5.63. The molecule has 0 aromatic heterocycles. The van der Waals surface area contributed by atoms with Crippen LogP contribution in [0.1, 0.15) is 6.42 Å². The van der Waals surface area contributed by atoms with Crippen LogP contribution in [-0.4, -0.2) is 36.9 Å². The van der Waals surface area contributed by atoms with Gasteiger partial charge in [0.1, 0.15) is 0 Å². The molecule has 0 saturated carbocycles. The third-order valence-electron chi connectivity index (χ3n) is 2.79. The van der Waals surface area contributed by atoms with E-state index >= 15 is 0 Å². The molecule has 1 unspecified atom stereocenters. The number of amides is 1. The van der Waals surface area contributed by atoms with Crippen LogP contribution in [0, 0.1) is 0 Å². The minimum Gasteiger partial charge on any atom is -0.481 e. The molecule has 2 rings (SSSR count). The number of nitrogens with two attached hydrogens (primary N) is 1. The molecule has 1 amide bonds. The lowest BCUT2D eigenvalue weighted by molar-refractivity contribution is -0.139. The minimum atomic E-state index is -1.11. The van der Waals surface area contributed by atoms with E-state index in [4.69, 9.17) is 20.3 Å². The number of hydrogen-bond donors (Lipinski definition) is 2. The van der Waals surface area contributed by atoms with Gasteiger partial charge in [-0.25, -0.2) is 0 Å². The Labute approximate surface area is 109 Å². The standard InChI is InChI=1S/C12H14N2O5/c1-14(12(17)8(13)5-11(15)16)7-2-3-9-10(4-7)19-6-18-9/h2-4,8H,5-6,13H2,1H3,(H,15,16). The van der Waals surface area contributed by atoms with Crippen molar-refractivity contribution in [3.8, 4) is 11.5 Å². The lowest BCUT2D eigenvalue weighted by Crippen LogP contribution is -2.43. The molecule has 7 nitrogen and oxygen atoms in total. The molecule has 7 heteroatoms. The monoisotopic (exact) mass is 266 g/mol. The fourth-order valence-corrected chi connectivity index (χ4v) is 1.75. The number of likely N-dealkylation sites (N-methyl/N-ethyl adjacent to an activating group) is 1. The van der Waals surface area contributed by atoms with Crippen LogP contribution in [0.15, 0.2) is 18.2 Å². The number of carboxylic acids is 1. The van der Waals surface area contributed by atoms with Gasteiger partial charge in [-0.1, -0.05) is 0 Å². The van der Waals surface area contributed by atoms with Gasteiger partial charge in [-0.05, 0) is 12.1 Å². The molecule has 1 aliphatic heterocycles. The number of nitrogens with zero attached hydrogens (tertiary/aromatic N) is 1. The maximum absolute atomic E-state index is 11.9. The van der Waals surface area contributed by atoms with Gasteiger partial charge in [-0.3, -0.25) is 9.59 Å². The number of carbonyl (C=O) groups is 2. The Morgan fingerprint density at radius 3 is 2.79 bits per heavy atom. The van der Waals surface area contributed by atoms with Gasteiger partial charge in [-0.15, -0.1) is 0 Å². The van der Waals surface area contributed by atoms with E-state index in [9.17, 15) is 9.59 Å². The molecule has 1 atom stereocenters. The molecular weight excluding hydrogens is 252 g/mol. The summed E-state index contributed by atoms with van der Waals surface area (Å²) in [5, 5.41) is 8.62. The highest BCUT2D eigenvalue weighted by Crippen LogP contribution is 2.35.